The zero-order valence-electron chi connectivity index (χ0n) is 38.6. The zero-order valence-corrected chi connectivity index (χ0v) is 38.6. The summed E-state index contributed by atoms with van der Waals surface area (Å²) in [5, 5.41) is 16.9. The van der Waals surface area contributed by atoms with Crippen LogP contribution in [0, 0.1) is 23.7 Å². The summed E-state index contributed by atoms with van der Waals surface area (Å²) in [6, 6.07) is 6.38. The van der Waals surface area contributed by atoms with Gasteiger partial charge >= 0.3 is 0 Å². The van der Waals surface area contributed by atoms with Crippen molar-refractivity contribution in [1.29, 1.82) is 0 Å². The normalized spacial score (nSPS) is 22.9. The number of carbonyl (C=O) groups excluding carboxylic acids is 4. The summed E-state index contributed by atoms with van der Waals surface area (Å²) in [6.45, 7) is 21.7. The van der Waals surface area contributed by atoms with Gasteiger partial charge in [0.25, 0.3) is 0 Å². The molecule has 12 atom stereocenters. The average molecular weight is 832 g/mol. The molecule has 2 aliphatic heterocycles. The number of amides is 4. The molecule has 12 unspecified atom stereocenters. The Bertz CT molecular complexity index is 1510. The van der Waals surface area contributed by atoms with Crippen molar-refractivity contribution in [1.82, 2.24) is 25.3 Å². The number of epoxide rings is 1. The van der Waals surface area contributed by atoms with Crippen molar-refractivity contribution >= 4 is 23.6 Å². The highest BCUT2D eigenvalue weighted by Gasteiger charge is 2.50. The molecule has 2 heterocycles. The molecule has 14 heteroatoms. The Morgan fingerprint density at radius 3 is 2.08 bits per heavy atom. The van der Waals surface area contributed by atoms with E-state index in [-0.39, 0.29) is 60.1 Å². The molecule has 3 rings (SSSR count). The first-order valence-electron chi connectivity index (χ1n) is 21.6. The van der Waals surface area contributed by atoms with Crippen LogP contribution in [0.15, 0.2) is 30.3 Å². The fourth-order valence-corrected chi connectivity index (χ4v) is 8.58. The number of methoxy groups -OCH3 is 2. The minimum atomic E-state index is -0.887. The second-order valence-corrected chi connectivity index (χ2v) is 18.5. The highest BCUT2D eigenvalue weighted by Crippen LogP contribution is 2.33. The van der Waals surface area contributed by atoms with Gasteiger partial charge in [-0.3, -0.25) is 24.1 Å². The Kier molecular flexibility index (Phi) is 18.8. The van der Waals surface area contributed by atoms with Crippen LogP contribution in [0.25, 0.3) is 0 Å². The second-order valence-electron chi connectivity index (χ2n) is 18.5. The molecule has 3 N–H and O–H groups in total. The molecule has 59 heavy (non-hydrogen) atoms. The molecule has 0 bridgehead atoms. The van der Waals surface area contributed by atoms with Gasteiger partial charge in [-0.2, -0.15) is 0 Å². The number of nitrogens with zero attached hydrogens (tertiary/aromatic N) is 3. The Morgan fingerprint density at radius 1 is 0.932 bits per heavy atom. The number of likely N-dealkylation sites (N-methyl/N-ethyl adjacent to an activating group) is 2. The topological polar surface area (TPSA) is 163 Å². The van der Waals surface area contributed by atoms with Gasteiger partial charge in [0, 0.05) is 27.8 Å². The quantitative estimate of drug-likeness (QED) is 0.139. The molecule has 0 radical (unpaired) electrons. The maximum Gasteiger partial charge on any atom is 0.245 e. The van der Waals surface area contributed by atoms with Crippen LogP contribution in [0.5, 0.6) is 0 Å². The van der Waals surface area contributed by atoms with Gasteiger partial charge in [0.05, 0.1) is 60.4 Å². The summed E-state index contributed by atoms with van der Waals surface area (Å²) < 4.78 is 23.8. The summed E-state index contributed by atoms with van der Waals surface area (Å²) in [7, 11) is 6.68. The monoisotopic (exact) mass is 832 g/mol. The molecule has 336 valence electrons. The Morgan fingerprint density at radius 2 is 1.56 bits per heavy atom. The molecule has 4 amide bonds. The number of likely N-dealkylation sites (tertiary alicyclic amines) is 1. The molecule has 2 fully saturated rings. The van der Waals surface area contributed by atoms with E-state index in [0.717, 1.165) is 12.8 Å². The number of aliphatic hydroxyl groups excluding tert-OH is 1. The summed E-state index contributed by atoms with van der Waals surface area (Å²) >= 11 is 0. The number of carbonyl (C=O) groups is 4. The van der Waals surface area contributed by atoms with E-state index in [1.807, 2.05) is 105 Å². The van der Waals surface area contributed by atoms with Gasteiger partial charge in [0.15, 0.2) is 12.5 Å². The highest BCUT2D eigenvalue weighted by atomic mass is 16.8. The first kappa shape index (κ1) is 50.2. The van der Waals surface area contributed by atoms with Crippen LogP contribution in [0.4, 0.5) is 0 Å². The van der Waals surface area contributed by atoms with Crippen molar-refractivity contribution in [2.45, 2.75) is 168 Å². The van der Waals surface area contributed by atoms with Crippen LogP contribution in [0.2, 0.25) is 0 Å². The molecule has 1 aromatic rings. The maximum atomic E-state index is 14.5. The van der Waals surface area contributed by atoms with Crippen LogP contribution in [0.1, 0.15) is 114 Å². The van der Waals surface area contributed by atoms with E-state index in [4.69, 9.17) is 18.9 Å². The van der Waals surface area contributed by atoms with Crippen molar-refractivity contribution in [2.24, 2.45) is 23.7 Å². The third kappa shape index (κ3) is 13.2. The van der Waals surface area contributed by atoms with E-state index < -0.39 is 60.3 Å². The van der Waals surface area contributed by atoms with Gasteiger partial charge in [-0.25, -0.2) is 0 Å². The van der Waals surface area contributed by atoms with Gasteiger partial charge in [0.2, 0.25) is 23.6 Å². The molecular weight excluding hydrogens is 755 g/mol. The van der Waals surface area contributed by atoms with Crippen LogP contribution in [0.3, 0.4) is 0 Å². The van der Waals surface area contributed by atoms with Crippen LogP contribution < -0.4 is 10.6 Å². The predicted molar refractivity (Wildman–Crippen MR) is 228 cm³/mol. The van der Waals surface area contributed by atoms with Crippen molar-refractivity contribution in [3.8, 4) is 0 Å². The fourth-order valence-electron chi connectivity index (χ4n) is 8.58. The Labute approximate surface area is 354 Å². The lowest BCUT2D eigenvalue weighted by molar-refractivity contribution is -0.148. The summed E-state index contributed by atoms with van der Waals surface area (Å²) in [6.07, 6.45) is -0.818. The third-order valence-electron chi connectivity index (χ3n) is 12.1. The number of hydrogen-bond donors (Lipinski definition) is 3. The molecule has 0 aliphatic carbocycles. The first-order chi connectivity index (χ1) is 27.6. The van der Waals surface area contributed by atoms with Crippen LogP contribution in [-0.2, 0) is 38.1 Å². The SMILES string of the molecule is CCC(C)C(C(CC(=O)N1CCCC1C(OC)C(C)C(=O)NC(C)C(O)c1ccccc1)OC)N(C)C(=O)C(NC(=O)C(C(C)C)N(C)C1OC1OC(C)(C)C)C(C)C. The summed E-state index contributed by atoms with van der Waals surface area (Å²) in [5.41, 5.74) is 0.302. The highest BCUT2D eigenvalue weighted by molar-refractivity contribution is 5.90. The lowest BCUT2D eigenvalue weighted by Crippen LogP contribution is -2.60. The number of rotatable bonds is 22. The molecule has 0 saturated carbocycles. The molecule has 2 aliphatic rings. The molecule has 1 aromatic carbocycles. The van der Waals surface area contributed by atoms with Crippen molar-refractivity contribution in [3.05, 3.63) is 35.9 Å². The van der Waals surface area contributed by atoms with Gasteiger partial charge in [0.1, 0.15) is 6.04 Å². The van der Waals surface area contributed by atoms with Gasteiger partial charge in [-0.15, -0.1) is 0 Å². The molecule has 0 aromatic heterocycles. The van der Waals surface area contributed by atoms with Crippen molar-refractivity contribution < 1.29 is 43.2 Å². The van der Waals surface area contributed by atoms with E-state index in [0.29, 0.717) is 18.5 Å². The van der Waals surface area contributed by atoms with Gasteiger partial charge < -0.3 is 44.5 Å². The van der Waals surface area contributed by atoms with Crippen LogP contribution in [-0.4, -0.2) is 139 Å². The first-order valence-corrected chi connectivity index (χ1v) is 21.6. The Balaban J connectivity index is 1.76. The predicted octanol–water partition coefficient (Wildman–Crippen LogP) is 4.74. The zero-order chi connectivity index (χ0) is 44.5. The summed E-state index contributed by atoms with van der Waals surface area (Å²) in [5.74, 6) is -1.95. The standard InChI is InChI=1S/C45H77N5O9/c1-16-28(6)37(48(12)42(55)35(26(2)3)47-41(54)36(27(4)5)49(13)43-44(58-43)59-45(9,10)11)33(56-14)25-34(51)50-24-20-23-32(50)39(57-15)29(7)40(53)46-30(8)38(52)31-21-18-17-19-22-31/h17-19,21-22,26-30,32-33,35-39,43-44,52H,16,20,23-25H2,1-15H3,(H,46,53)(H,47,54). The van der Waals surface area contributed by atoms with Gasteiger partial charge in [-0.05, 0) is 70.9 Å². The van der Waals surface area contributed by atoms with E-state index in [9.17, 15) is 24.3 Å². The summed E-state index contributed by atoms with van der Waals surface area (Å²) in [4.78, 5) is 61.7. The van der Waals surface area contributed by atoms with Crippen molar-refractivity contribution in [3.63, 3.8) is 0 Å². The number of ether oxygens (including phenoxy) is 4. The number of hydrogen-bond acceptors (Lipinski definition) is 10. The second kappa shape index (κ2) is 22.1. The number of nitrogens with one attached hydrogen (secondary N) is 2. The largest absolute Gasteiger partial charge is 0.386 e. The van der Waals surface area contributed by atoms with E-state index >= 15 is 0 Å². The fraction of sp³-hybridized carbons (Fsp3) is 0.778. The maximum absolute atomic E-state index is 14.5. The lowest BCUT2D eigenvalue weighted by Gasteiger charge is -2.41. The molecular formula is C45H77N5O9. The van der Waals surface area contributed by atoms with E-state index in [2.05, 4.69) is 10.6 Å². The van der Waals surface area contributed by atoms with Crippen LogP contribution >= 0.6 is 0 Å². The minimum absolute atomic E-state index is 0.00898. The number of aliphatic hydroxyl groups is 1. The number of benzene rings is 1. The minimum Gasteiger partial charge on any atom is -0.386 e. The third-order valence-corrected chi connectivity index (χ3v) is 12.1. The van der Waals surface area contributed by atoms with E-state index in [1.54, 1.807) is 44.9 Å². The molecule has 2 saturated heterocycles. The van der Waals surface area contributed by atoms with Crippen molar-refractivity contribution in [2.75, 3.05) is 34.9 Å². The van der Waals surface area contributed by atoms with E-state index in [1.165, 1.54) is 0 Å². The average Bonchev–Trinajstić information content (AvgIpc) is 3.76. The molecule has 0 spiro atoms. The lowest BCUT2D eigenvalue weighted by atomic mass is 9.89. The molecule has 14 nitrogen and oxygen atoms in total. The smallest absolute Gasteiger partial charge is 0.245 e. The van der Waals surface area contributed by atoms with Gasteiger partial charge in [-0.1, -0.05) is 85.2 Å². The Hall–Kier alpha value is -3.14.